The van der Waals surface area contributed by atoms with Crippen molar-refractivity contribution in [2.24, 2.45) is 10.8 Å². The number of aromatic nitrogens is 2. The average Bonchev–Trinajstić information content (AvgIpc) is 3.42. The molecule has 158 valence electrons. The van der Waals surface area contributed by atoms with Crippen molar-refractivity contribution in [3.63, 3.8) is 0 Å². The predicted molar refractivity (Wildman–Crippen MR) is 120 cm³/mol. The lowest BCUT2D eigenvalue weighted by atomic mass is 10.1. The number of hydrogen-bond donors (Lipinski definition) is 2. The highest BCUT2D eigenvalue weighted by molar-refractivity contribution is 6.44. The highest BCUT2D eigenvalue weighted by Crippen LogP contribution is 2.25. The van der Waals surface area contributed by atoms with Crippen molar-refractivity contribution < 1.29 is 9.59 Å². The summed E-state index contributed by atoms with van der Waals surface area (Å²) in [6, 6.07) is 18.5. The van der Waals surface area contributed by atoms with E-state index in [1.807, 2.05) is 30.3 Å². The second-order valence-corrected chi connectivity index (χ2v) is 7.35. The lowest BCUT2D eigenvalue weighted by molar-refractivity contribution is -0.119. The van der Waals surface area contributed by atoms with Crippen LogP contribution < -0.4 is 16.1 Å². The highest BCUT2D eigenvalue weighted by atomic mass is 16.2. The smallest absolute Gasteiger partial charge is 0.273 e. The number of anilines is 2. The maximum absolute atomic E-state index is 12.9. The van der Waals surface area contributed by atoms with E-state index in [1.54, 1.807) is 16.9 Å². The number of primary amides is 1. The van der Waals surface area contributed by atoms with Gasteiger partial charge in [-0.2, -0.15) is 10.2 Å². The minimum Gasteiger partial charge on any atom is -0.368 e. The van der Waals surface area contributed by atoms with Crippen LogP contribution in [-0.2, 0) is 22.6 Å². The number of nitrogens with two attached hydrogens (primary N) is 1. The van der Waals surface area contributed by atoms with Crippen molar-refractivity contribution in [2.45, 2.75) is 32.4 Å². The fraction of sp³-hybridized carbons (Fsp3) is 0.217. The molecule has 2 aromatic carbocycles. The minimum absolute atomic E-state index is 0.142. The molecule has 4 rings (SSSR count). The first kappa shape index (κ1) is 20.3. The predicted octanol–water partition coefficient (Wildman–Crippen LogP) is 2.55. The first-order valence-corrected chi connectivity index (χ1v) is 10.2. The lowest BCUT2D eigenvalue weighted by Crippen LogP contribution is -2.39. The molecule has 0 unspecified atom stereocenters. The molecule has 3 aromatic rings. The van der Waals surface area contributed by atoms with E-state index in [1.165, 1.54) is 10.6 Å². The Hall–Kier alpha value is -3.94. The number of carbonyl (C=O) groups excluding carboxylic acids is 2. The zero-order valence-electron chi connectivity index (χ0n) is 17.2. The van der Waals surface area contributed by atoms with E-state index in [0.29, 0.717) is 18.1 Å². The summed E-state index contributed by atoms with van der Waals surface area (Å²) in [5.74, 6) is -0.357. The summed E-state index contributed by atoms with van der Waals surface area (Å²) in [7, 11) is 0. The van der Waals surface area contributed by atoms with Crippen molar-refractivity contribution >= 4 is 29.0 Å². The topological polar surface area (TPSA) is 106 Å². The number of hydrogen-bond acceptors (Lipinski definition) is 5. The molecule has 0 aliphatic carbocycles. The highest BCUT2D eigenvalue weighted by Gasteiger charge is 2.35. The largest absolute Gasteiger partial charge is 0.368 e. The van der Waals surface area contributed by atoms with Crippen LogP contribution in [0.25, 0.3) is 0 Å². The van der Waals surface area contributed by atoms with E-state index < -0.39 is 11.9 Å². The summed E-state index contributed by atoms with van der Waals surface area (Å²) in [5, 5.41) is 13.1. The Bertz CT molecular complexity index is 1100. The van der Waals surface area contributed by atoms with Crippen molar-refractivity contribution in [2.75, 3.05) is 10.3 Å². The number of hydrazone groups is 1. The molecule has 0 radical (unpaired) electrons. The van der Waals surface area contributed by atoms with Gasteiger partial charge in [-0.3, -0.25) is 14.6 Å². The summed E-state index contributed by atoms with van der Waals surface area (Å²) in [5.41, 5.74) is 8.85. The molecular formula is C23H24N6O2. The molecule has 1 aliphatic heterocycles. The molecule has 2 amide bonds. The summed E-state index contributed by atoms with van der Waals surface area (Å²) >= 11 is 0. The maximum Gasteiger partial charge on any atom is 0.273 e. The van der Waals surface area contributed by atoms with Crippen LogP contribution >= 0.6 is 0 Å². The molecule has 8 nitrogen and oxygen atoms in total. The number of nitrogens with zero attached hydrogens (tertiary/aromatic N) is 4. The van der Waals surface area contributed by atoms with Gasteiger partial charge < -0.3 is 11.1 Å². The first-order valence-electron chi connectivity index (χ1n) is 10.2. The molecule has 0 saturated carbocycles. The fourth-order valence-corrected chi connectivity index (χ4v) is 3.49. The van der Waals surface area contributed by atoms with Gasteiger partial charge in [0.15, 0.2) is 0 Å². The second kappa shape index (κ2) is 8.83. The van der Waals surface area contributed by atoms with Crippen LogP contribution in [0.5, 0.6) is 0 Å². The summed E-state index contributed by atoms with van der Waals surface area (Å²) < 4.78 is 1.72. The maximum atomic E-state index is 12.9. The molecule has 1 aromatic heterocycles. The van der Waals surface area contributed by atoms with E-state index in [4.69, 9.17) is 5.73 Å². The Morgan fingerprint density at radius 3 is 2.45 bits per heavy atom. The summed E-state index contributed by atoms with van der Waals surface area (Å²) in [6.07, 6.45) is 2.76. The van der Waals surface area contributed by atoms with Crippen LogP contribution in [0.2, 0.25) is 0 Å². The molecule has 0 saturated heterocycles. The van der Waals surface area contributed by atoms with Crippen LogP contribution in [-0.4, -0.2) is 33.3 Å². The zero-order valence-corrected chi connectivity index (χ0v) is 17.2. The summed E-state index contributed by atoms with van der Waals surface area (Å²) in [4.78, 5) is 24.8. The first-order chi connectivity index (χ1) is 15.0. The Morgan fingerprint density at radius 2 is 1.77 bits per heavy atom. The van der Waals surface area contributed by atoms with Gasteiger partial charge in [-0.15, -0.1) is 0 Å². The van der Waals surface area contributed by atoms with Gasteiger partial charge >= 0.3 is 0 Å². The van der Waals surface area contributed by atoms with Crippen LogP contribution in [0.15, 0.2) is 72.0 Å². The van der Waals surface area contributed by atoms with Crippen molar-refractivity contribution in [3.05, 3.63) is 78.0 Å². The van der Waals surface area contributed by atoms with Crippen LogP contribution in [0, 0.1) is 0 Å². The molecule has 0 bridgehead atoms. The molecule has 3 N–H and O–H groups in total. The van der Waals surface area contributed by atoms with Gasteiger partial charge in [0.25, 0.3) is 5.91 Å². The molecule has 8 heteroatoms. The van der Waals surface area contributed by atoms with Crippen LogP contribution in [0.4, 0.5) is 11.5 Å². The van der Waals surface area contributed by atoms with Gasteiger partial charge in [-0.05, 0) is 29.7 Å². The van der Waals surface area contributed by atoms with Gasteiger partial charge in [0.05, 0.1) is 18.4 Å². The standard InChI is InChI=1S/C23H24N6O2/c1-2-16-8-10-17(11-9-16)15-28-21(12-13-25-28)26-23(31)19-14-20(22(24)30)29(27-19)18-6-4-3-5-7-18/h3-13,20H,2,14-15H2,1H3,(H2,24,30)(H,26,31)/t20-/m1/s1. The summed E-state index contributed by atoms with van der Waals surface area (Å²) in [6.45, 7) is 2.64. The normalized spacial score (nSPS) is 15.6. The van der Waals surface area contributed by atoms with Crippen molar-refractivity contribution in [3.8, 4) is 0 Å². The molecule has 31 heavy (non-hydrogen) atoms. The van der Waals surface area contributed by atoms with Gasteiger partial charge in [0.2, 0.25) is 5.91 Å². The Balaban J connectivity index is 1.49. The Labute approximate surface area is 180 Å². The SMILES string of the molecule is CCc1ccc(Cn2nccc2NC(=O)C2=NN(c3ccccc3)[C@@H](C(N)=O)C2)cc1. The third-order valence-electron chi connectivity index (χ3n) is 5.24. The quantitative estimate of drug-likeness (QED) is 0.617. The molecule has 1 atom stereocenters. The lowest BCUT2D eigenvalue weighted by Gasteiger charge is -2.20. The van der Waals surface area contributed by atoms with Crippen molar-refractivity contribution in [1.82, 2.24) is 9.78 Å². The van der Waals surface area contributed by atoms with E-state index in [9.17, 15) is 9.59 Å². The van der Waals surface area contributed by atoms with Gasteiger partial charge in [0.1, 0.15) is 17.6 Å². The third kappa shape index (κ3) is 4.48. The molecule has 0 spiro atoms. The van der Waals surface area contributed by atoms with Gasteiger partial charge in [0, 0.05) is 12.5 Å². The fourth-order valence-electron chi connectivity index (χ4n) is 3.49. The number of rotatable bonds is 7. The van der Waals surface area contributed by atoms with E-state index in [2.05, 4.69) is 46.7 Å². The number of amides is 2. The monoisotopic (exact) mass is 416 g/mol. The number of para-hydroxylation sites is 1. The molecule has 0 fully saturated rings. The van der Waals surface area contributed by atoms with Crippen LogP contribution in [0.3, 0.4) is 0 Å². The minimum atomic E-state index is -0.704. The number of carbonyl (C=O) groups is 2. The molecule has 1 aliphatic rings. The third-order valence-corrected chi connectivity index (χ3v) is 5.24. The van der Waals surface area contributed by atoms with E-state index >= 15 is 0 Å². The van der Waals surface area contributed by atoms with Gasteiger partial charge in [-0.25, -0.2) is 4.68 Å². The zero-order chi connectivity index (χ0) is 21.8. The number of nitrogens with one attached hydrogen (secondary N) is 1. The molecular weight excluding hydrogens is 392 g/mol. The van der Waals surface area contributed by atoms with E-state index in [0.717, 1.165) is 12.0 Å². The van der Waals surface area contributed by atoms with Crippen molar-refractivity contribution in [1.29, 1.82) is 0 Å². The molecule has 2 heterocycles. The Kier molecular flexibility index (Phi) is 5.79. The second-order valence-electron chi connectivity index (χ2n) is 7.35. The average molecular weight is 416 g/mol. The number of aryl methyl sites for hydroxylation is 1. The van der Waals surface area contributed by atoms with E-state index in [-0.39, 0.29) is 18.0 Å². The number of benzene rings is 2. The van der Waals surface area contributed by atoms with Crippen LogP contribution in [0.1, 0.15) is 24.5 Å². The van der Waals surface area contributed by atoms with Gasteiger partial charge in [-0.1, -0.05) is 49.4 Å². The Morgan fingerprint density at radius 1 is 1.06 bits per heavy atom.